The van der Waals surface area contributed by atoms with Gasteiger partial charge in [-0.1, -0.05) is 18.2 Å². The molecule has 0 aliphatic heterocycles. The lowest BCUT2D eigenvalue weighted by atomic mass is 10.1. The van der Waals surface area contributed by atoms with Crippen molar-refractivity contribution in [3.8, 4) is 0 Å². The van der Waals surface area contributed by atoms with Crippen molar-refractivity contribution < 1.29 is 5.11 Å². The molecule has 1 atom stereocenters. The Balaban J connectivity index is 2.27. The van der Waals surface area contributed by atoms with E-state index in [0.717, 1.165) is 6.42 Å². The topological polar surface area (TPSA) is 54.4 Å². The molecule has 3 N–H and O–H groups in total. The highest BCUT2D eigenvalue weighted by Crippen LogP contribution is 2.21. The first kappa shape index (κ1) is 14.1. The van der Waals surface area contributed by atoms with E-state index in [1.165, 1.54) is 16.5 Å². The van der Waals surface area contributed by atoms with Gasteiger partial charge in [0, 0.05) is 30.2 Å². The first-order chi connectivity index (χ1) is 9.11. The molecule has 0 saturated heterocycles. The van der Waals surface area contributed by atoms with Crippen molar-refractivity contribution in [1.29, 1.82) is 0 Å². The van der Waals surface area contributed by atoms with E-state index in [2.05, 4.69) is 22.9 Å². The summed E-state index contributed by atoms with van der Waals surface area (Å²) >= 11 is 0. The number of aliphatic hydroxyl groups is 1. The highest BCUT2D eigenvalue weighted by Gasteiger charge is 2.11. The molecule has 1 unspecified atom stereocenters. The second-order valence-corrected chi connectivity index (χ2v) is 5.28. The zero-order valence-electron chi connectivity index (χ0n) is 11.7. The van der Waals surface area contributed by atoms with E-state index < -0.39 is 0 Å². The van der Waals surface area contributed by atoms with Crippen LogP contribution < -0.4 is 5.73 Å². The largest absolute Gasteiger partial charge is 0.390 e. The second-order valence-electron chi connectivity index (χ2n) is 5.28. The van der Waals surface area contributed by atoms with Gasteiger partial charge in [-0.3, -0.25) is 0 Å². The lowest BCUT2D eigenvalue weighted by molar-refractivity contribution is 0.121. The van der Waals surface area contributed by atoms with Crippen molar-refractivity contribution in [1.82, 2.24) is 9.47 Å². The van der Waals surface area contributed by atoms with Crippen LogP contribution in [0.1, 0.15) is 5.56 Å². The Morgan fingerprint density at radius 3 is 2.74 bits per heavy atom. The molecule has 19 heavy (non-hydrogen) atoms. The smallest absolute Gasteiger partial charge is 0.0845 e. The third kappa shape index (κ3) is 3.35. The number of nitrogens with zero attached hydrogens (tertiary/aromatic N) is 2. The molecule has 1 aromatic heterocycles. The van der Waals surface area contributed by atoms with Crippen molar-refractivity contribution in [2.24, 2.45) is 5.73 Å². The number of aromatic nitrogens is 1. The Labute approximate surface area is 114 Å². The van der Waals surface area contributed by atoms with Crippen molar-refractivity contribution in [2.45, 2.75) is 19.1 Å². The van der Waals surface area contributed by atoms with Crippen LogP contribution in [-0.4, -0.2) is 47.9 Å². The van der Waals surface area contributed by atoms with Crippen LogP contribution in [0.4, 0.5) is 0 Å². The van der Waals surface area contributed by atoms with Gasteiger partial charge in [0.1, 0.15) is 0 Å². The predicted molar refractivity (Wildman–Crippen MR) is 79.3 cm³/mol. The molecule has 0 radical (unpaired) electrons. The molecule has 0 spiro atoms. The van der Waals surface area contributed by atoms with E-state index in [0.29, 0.717) is 19.6 Å². The van der Waals surface area contributed by atoms with Gasteiger partial charge in [-0.15, -0.1) is 0 Å². The van der Waals surface area contributed by atoms with Gasteiger partial charge in [-0.05, 0) is 38.7 Å². The molecule has 2 aromatic rings. The predicted octanol–water partition coefficient (Wildman–Crippen LogP) is 1.06. The third-order valence-corrected chi connectivity index (χ3v) is 3.27. The summed E-state index contributed by atoms with van der Waals surface area (Å²) in [5.74, 6) is 0. The molecule has 0 amide bonds. The van der Waals surface area contributed by atoms with Gasteiger partial charge in [0.15, 0.2) is 0 Å². The van der Waals surface area contributed by atoms with Crippen LogP contribution in [0.15, 0.2) is 30.5 Å². The molecular formula is C15H23N3O. The fraction of sp³-hybridized carbons (Fsp3) is 0.467. The maximum Gasteiger partial charge on any atom is 0.0845 e. The molecule has 0 aliphatic carbocycles. The van der Waals surface area contributed by atoms with Gasteiger partial charge >= 0.3 is 0 Å². The lowest BCUT2D eigenvalue weighted by Gasteiger charge is -2.17. The van der Waals surface area contributed by atoms with Crippen LogP contribution in [0.2, 0.25) is 0 Å². The molecule has 1 heterocycles. The zero-order valence-corrected chi connectivity index (χ0v) is 11.7. The fourth-order valence-corrected chi connectivity index (χ4v) is 2.53. The number of aliphatic hydroxyl groups excluding tert-OH is 1. The minimum absolute atomic E-state index is 0.364. The summed E-state index contributed by atoms with van der Waals surface area (Å²) in [6, 6.07) is 8.29. The molecule has 2 rings (SSSR count). The van der Waals surface area contributed by atoms with Crippen molar-refractivity contribution >= 4 is 10.9 Å². The van der Waals surface area contributed by atoms with E-state index in [1.807, 2.05) is 31.1 Å². The average Bonchev–Trinajstić information content (AvgIpc) is 2.68. The molecule has 104 valence electrons. The van der Waals surface area contributed by atoms with Crippen LogP contribution in [0.25, 0.3) is 10.9 Å². The zero-order chi connectivity index (χ0) is 13.8. The molecule has 0 bridgehead atoms. The van der Waals surface area contributed by atoms with E-state index in [9.17, 15) is 5.11 Å². The van der Waals surface area contributed by atoms with Gasteiger partial charge in [-0.25, -0.2) is 0 Å². The SMILES string of the molecule is CN(C)CC(O)Cn1cc(CCN)c2ccccc21. The normalized spacial score (nSPS) is 13.3. The number of rotatable bonds is 6. The van der Waals surface area contributed by atoms with Gasteiger partial charge in [0.2, 0.25) is 0 Å². The Morgan fingerprint density at radius 1 is 1.32 bits per heavy atom. The Hall–Kier alpha value is -1.36. The first-order valence-electron chi connectivity index (χ1n) is 6.71. The van der Waals surface area contributed by atoms with E-state index >= 15 is 0 Å². The highest BCUT2D eigenvalue weighted by atomic mass is 16.3. The van der Waals surface area contributed by atoms with Crippen molar-refractivity contribution in [3.63, 3.8) is 0 Å². The lowest BCUT2D eigenvalue weighted by Crippen LogP contribution is -2.29. The molecule has 4 nitrogen and oxygen atoms in total. The number of hydrogen-bond donors (Lipinski definition) is 2. The minimum atomic E-state index is -0.364. The number of hydrogen-bond acceptors (Lipinski definition) is 3. The number of para-hydroxylation sites is 1. The van der Waals surface area contributed by atoms with E-state index in [-0.39, 0.29) is 6.10 Å². The molecular weight excluding hydrogens is 238 g/mol. The molecule has 4 heteroatoms. The fourth-order valence-electron chi connectivity index (χ4n) is 2.53. The first-order valence-corrected chi connectivity index (χ1v) is 6.71. The second kappa shape index (κ2) is 6.19. The summed E-state index contributed by atoms with van der Waals surface area (Å²) in [4.78, 5) is 2.00. The molecule has 1 aromatic carbocycles. The summed E-state index contributed by atoms with van der Waals surface area (Å²) < 4.78 is 2.13. The van der Waals surface area contributed by atoms with Gasteiger partial charge in [0.25, 0.3) is 0 Å². The van der Waals surface area contributed by atoms with Crippen LogP contribution in [-0.2, 0) is 13.0 Å². The maximum absolute atomic E-state index is 10.1. The van der Waals surface area contributed by atoms with Crippen LogP contribution in [0, 0.1) is 0 Å². The van der Waals surface area contributed by atoms with Crippen molar-refractivity contribution in [3.05, 3.63) is 36.0 Å². The van der Waals surface area contributed by atoms with E-state index in [4.69, 9.17) is 5.73 Å². The van der Waals surface area contributed by atoms with E-state index in [1.54, 1.807) is 0 Å². The molecule has 0 aliphatic rings. The quantitative estimate of drug-likeness (QED) is 0.817. The average molecular weight is 261 g/mol. The standard InChI is InChI=1S/C15H23N3O/c1-17(2)10-13(19)11-18-9-12(7-8-16)14-5-3-4-6-15(14)18/h3-6,9,13,19H,7-8,10-11,16H2,1-2H3. The Morgan fingerprint density at radius 2 is 2.05 bits per heavy atom. The summed E-state index contributed by atoms with van der Waals surface area (Å²) in [6.45, 7) is 1.93. The van der Waals surface area contributed by atoms with Gasteiger partial charge < -0.3 is 20.3 Å². The van der Waals surface area contributed by atoms with Crippen LogP contribution >= 0.6 is 0 Å². The number of fused-ring (bicyclic) bond motifs is 1. The van der Waals surface area contributed by atoms with Crippen molar-refractivity contribution in [2.75, 3.05) is 27.2 Å². The molecule has 0 fully saturated rings. The van der Waals surface area contributed by atoms with Crippen LogP contribution in [0.3, 0.4) is 0 Å². The number of nitrogens with two attached hydrogens (primary N) is 1. The van der Waals surface area contributed by atoms with Crippen LogP contribution in [0.5, 0.6) is 0 Å². The summed E-state index contributed by atoms with van der Waals surface area (Å²) in [5, 5.41) is 11.3. The molecule has 0 saturated carbocycles. The van der Waals surface area contributed by atoms with Gasteiger partial charge in [-0.2, -0.15) is 0 Å². The summed E-state index contributed by atoms with van der Waals surface area (Å²) in [6.07, 6.45) is 2.63. The summed E-state index contributed by atoms with van der Waals surface area (Å²) in [5.41, 5.74) is 8.09. The maximum atomic E-state index is 10.1. The summed E-state index contributed by atoms with van der Waals surface area (Å²) in [7, 11) is 3.94. The monoisotopic (exact) mass is 261 g/mol. The number of benzene rings is 1. The highest BCUT2D eigenvalue weighted by molar-refractivity contribution is 5.84. The number of likely N-dealkylation sites (N-methyl/N-ethyl adjacent to an activating group) is 1. The van der Waals surface area contributed by atoms with Gasteiger partial charge in [0.05, 0.1) is 6.10 Å². The Kier molecular flexibility index (Phi) is 4.58. The minimum Gasteiger partial charge on any atom is -0.390 e. The third-order valence-electron chi connectivity index (χ3n) is 3.27. The Bertz CT molecular complexity index is 533.